The highest BCUT2D eigenvalue weighted by molar-refractivity contribution is 6.63. The third-order valence-corrected chi connectivity index (χ3v) is 4.85. The summed E-state index contributed by atoms with van der Waals surface area (Å²) in [6.07, 6.45) is -0.707. The molecule has 0 unspecified atom stereocenters. The molecule has 6 nitrogen and oxygen atoms in total. The van der Waals surface area contributed by atoms with Gasteiger partial charge in [-0.05, 0) is 46.0 Å². The number of ether oxygens (including phenoxy) is 1. The standard InChI is InChI=1S/C22H18ClN3O3/c23-21(27)24-26(15-8-2-1-3-9-15)25-22(28)29-14-20-18-12-6-4-10-16(18)17-11-5-7-13-19(17)20/h1-13,20H,14H2,(H,24,27)(H,25,28). The van der Waals surface area contributed by atoms with Crippen molar-refractivity contribution in [2.24, 2.45) is 0 Å². The lowest BCUT2D eigenvalue weighted by molar-refractivity contribution is 0.141. The molecular formula is C22H18ClN3O3. The van der Waals surface area contributed by atoms with Gasteiger partial charge in [0.05, 0.1) is 5.69 Å². The van der Waals surface area contributed by atoms with Crippen LogP contribution in [0.15, 0.2) is 78.9 Å². The number of anilines is 1. The number of halogens is 1. The number of rotatable bonds is 5. The van der Waals surface area contributed by atoms with E-state index in [0.29, 0.717) is 5.69 Å². The normalized spacial score (nSPS) is 11.9. The van der Waals surface area contributed by atoms with Crippen molar-refractivity contribution in [2.75, 3.05) is 11.7 Å². The Labute approximate surface area is 173 Å². The van der Waals surface area contributed by atoms with Gasteiger partial charge >= 0.3 is 11.5 Å². The molecule has 29 heavy (non-hydrogen) atoms. The van der Waals surface area contributed by atoms with Crippen LogP contribution in [0.25, 0.3) is 11.1 Å². The summed E-state index contributed by atoms with van der Waals surface area (Å²) in [5.74, 6) is -0.0547. The Kier molecular flexibility index (Phi) is 5.35. The molecule has 1 aliphatic rings. The van der Waals surface area contributed by atoms with Crippen molar-refractivity contribution in [3.05, 3.63) is 90.0 Å². The Morgan fingerprint density at radius 3 is 1.97 bits per heavy atom. The van der Waals surface area contributed by atoms with Crippen molar-refractivity contribution < 1.29 is 14.3 Å². The highest BCUT2D eigenvalue weighted by Crippen LogP contribution is 2.44. The van der Waals surface area contributed by atoms with Gasteiger partial charge in [-0.25, -0.2) is 15.6 Å². The van der Waals surface area contributed by atoms with E-state index in [0.717, 1.165) is 27.4 Å². The number of carbonyl (C=O) groups excluding carboxylic acids is 2. The third-order valence-electron chi connectivity index (χ3n) is 4.76. The molecule has 2 amide bonds. The predicted octanol–water partition coefficient (Wildman–Crippen LogP) is 4.81. The Hall–Kier alpha value is -3.51. The van der Waals surface area contributed by atoms with E-state index in [2.05, 4.69) is 23.0 Å². The van der Waals surface area contributed by atoms with E-state index in [1.54, 1.807) is 24.3 Å². The number of para-hydroxylation sites is 1. The smallest absolute Gasteiger partial charge is 0.427 e. The van der Waals surface area contributed by atoms with Gasteiger partial charge in [0.25, 0.3) is 0 Å². The fourth-order valence-corrected chi connectivity index (χ4v) is 3.63. The number of nitrogens with zero attached hydrogens (tertiary/aromatic N) is 1. The van der Waals surface area contributed by atoms with Crippen LogP contribution in [0, 0.1) is 0 Å². The fraction of sp³-hybridized carbons (Fsp3) is 0.0909. The molecule has 0 fully saturated rings. The van der Waals surface area contributed by atoms with Crippen LogP contribution in [-0.2, 0) is 4.74 Å². The lowest BCUT2D eigenvalue weighted by Crippen LogP contribution is -2.52. The average Bonchev–Trinajstić information content (AvgIpc) is 3.06. The summed E-state index contributed by atoms with van der Waals surface area (Å²) < 4.78 is 5.49. The molecule has 0 atom stereocenters. The summed E-state index contributed by atoms with van der Waals surface area (Å²) in [5.41, 5.74) is 9.89. The van der Waals surface area contributed by atoms with Crippen molar-refractivity contribution >= 4 is 28.7 Å². The number of hydrogen-bond acceptors (Lipinski definition) is 4. The zero-order valence-corrected chi connectivity index (χ0v) is 16.1. The van der Waals surface area contributed by atoms with Gasteiger partial charge in [0.15, 0.2) is 0 Å². The number of amides is 2. The minimum absolute atomic E-state index is 0.0547. The SMILES string of the molecule is O=C(Cl)NN(NC(=O)OCC1c2ccccc2-c2ccccc21)c1ccccc1. The first-order valence-corrected chi connectivity index (χ1v) is 9.44. The van der Waals surface area contributed by atoms with E-state index < -0.39 is 11.5 Å². The molecule has 0 radical (unpaired) electrons. The average molecular weight is 408 g/mol. The molecule has 4 rings (SSSR count). The molecule has 3 aromatic rings. The number of hydrazine groups is 2. The molecule has 146 valence electrons. The monoisotopic (exact) mass is 407 g/mol. The molecule has 0 bridgehead atoms. The molecular weight excluding hydrogens is 390 g/mol. The van der Waals surface area contributed by atoms with Gasteiger partial charge in [0.1, 0.15) is 6.61 Å². The second-order valence-corrected chi connectivity index (χ2v) is 6.84. The van der Waals surface area contributed by atoms with Crippen LogP contribution < -0.4 is 16.0 Å². The van der Waals surface area contributed by atoms with Crippen molar-refractivity contribution in [3.63, 3.8) is 0 Å². The van der Waals surface area contributed by atoms with Crippen molar-refractivity contribution in [1.29, 1.82) is 0 Å². The summed E-state index contributed by atoms with van der Waals surface area (Å²) >= 11 is 5.42. The number of hydrogen-bond donors (Lipinski definition) is 2. The van der Waals surface area contributed by atoms with E-state index in [4.69, 9.17) is 16.3 Å². The molecule has 2 N–H and O–H groups in total. The topological polar surface area (TPSA) is 70.7 Å². The molecule has 7 heteroatoms. The van der Waals surface area contributed by atoms with Crippen LogP contribution in [0.2, 0.25) is 0 Å². The second kappa shape index (κ2) is 8.24. The Morgan fingerprint density at radius 1 is 0.828 bits per heavy atom. The van der Waals surface area contributed by atoms with Gasteiger partial charge in [0, 0.05) is 5.92 Å². The minimum atomic E-state index is -0.840. The largest absolute Gasteiger partial charge is 0.447 e. The number of fused-ring (bicyclic) bond motifs is 3. The summed E-state index contributed by atoms with van der Waals surface area (Å²) in [6.45, 7) is 0.164. The molecule has 0 saturated carbocycles. The van der Waals surface area contributed by atoms with Crippen molar-refractivity contribution in [2.45, 2.75) is 5.92 Å². The Bertz CT molecular complexity index is 997. The molecule has 3 aromatic carbocycles. The van der Waals surface area contributed by atoms with Gasteiger partial charge in [-0.15, -0.1) is 0 Å². The summed E-state index contributed by atoms with van der Waals surface area (Å²) in [5, 5.41) is 0.279. The van der Waals surface area contributed by atoms with Crippen molar-refractivity contribution in [1.82, 2.24) is 10.9 Å². The second-order valence-electron chi connectivity index (χ2n) is 6.49. The van der Waals surface area contributed by atoms with Crippen LogP contribution in [0.1, 0.15) is 17.0 Å². The van der Waals surface area contributed by atoms with E-state index in [-0.39, 0.29) is 12.5 Å². The lowest BCUT2D eigenvalue weighted by Gasteiger charge is -2.24. The predicted molar refractivity (Wildman–Crippen MR) is 112 cm³/mol. The van der Waals surface area contributed by atoms with Gasteiger partial charge < -0.3 is 4.74 Å². The number of benzene rings is 3. The van der Waals surface area contributed by atoms with E-state index in [1.807, 2.05) is 42.5 Å². The molecule has 0 saturated heterocycles. The first kappa shape index (κ1) is 18.8. The van der Waals surface area contributed by atoms with Crippen LogP contribution in [0.3, 0.4) is 0 Å². The maximum Gasteiger partial charge on any atom is 0.427 e. The lowest BCUT2D eigenvalue weighted by atomic mass is 9.98. The summed E-state index contributed by atoms with van der Waals surface area (Å²) in [6, 6.07) is 24.9. The maximum atomic E-state index is 12.4. The van der Waals surface area contributed by atoms with E-state index >= 15 is 0 Å². The third kappa shape index (κ3) is 4.02. The van der Waals surface area contributed by atoms with Gasteiger partial charge in [-0.1, -0.05) is 66.7 Å². The summed E-state index contributed by atoms with van der Waals surface area (Å²) in [4.78, 5) is 23.7. The van der Waals surface area contributed by atoms with E-state index in [9.17, 15) is 9.59 Å². The fourth-order valence-electron chi connectivity index (χ4n) is 3.54. The van der Waals surface area contributed by atoms with Crippen LogP contribution in [0.4, 0.5) is 15.3 Å². The maximum absolute atomic E-state index is 12.4. The number of nitrogens with one attached hydrogen (secondary N) is 2. The Balaban J connectivity index is 1.47. The molecule has 1 aliphatic carbocycles. The van der Waals surface area contributed by atoms with Crippen LogP contribution in [-0.4, -0.2) is 18.1 Å². The van der Waals surface area contributed by atoms with Crippen molar-refractivity contribution in [3.8, 4) is 11.1 Å². The van der Waals surface area contributed by atoms with Gasteiger partial charge in [-0.2, -0.15) is 5.12 Å². The zero-order chi connectivity index (χ0) is 20.2. The number of carbonyl (C=O) groups is 2. The quantitative estimate of drug-likeness (QED) is 0.361. The van der Waals surface area contributed by atoms with Crippen LogP contribution >= 0.6 is 11.6 Å². The summed E-state index contributed by atoms with van der Waals surface area (Å²) in [7, 11) is 0. The van der Waals surface area contributed by atoms with Gasteiger partial charge in [-0.3, -0.25) is 4.79 Å². The zero-order valence-electron chi connectivity index (χ0n) is 15.3. The first-order valence-electron chi connectivity index (χ1n) is 9.06. The van der Waals surface area contributed by atoms with Crippen LogP contribution in [0.5, 0.6) is 0 Å². The molecule has 0 spiro atoms. The van der Waals surface area contributed by atoms with Gasteiger partial charge in [0.2, 0.25) is 0 Å². The van der Waals surface area contributed by atoms with E-state index in [1.165, 1.54) is 0 Å². The molecule has 0 aromatic heterocycles. The molecule has 0 heterocycles. The first-order chi connectivity index (χ1) is 14.1. The molecule has 0 aliphatic heterocycles. The highest BCUT2D eigenvalue weighted by Gasteiger charge is 2.29. The highest BCUT2D eigenvalue weighted by atomic mass is 35.5. The minimum Gasteiger partial charge on any atom is -0.447 e. The Morgan fingerprint density at radius 2 is 1.38 bits per heavy atom.